The van der Waals surface area contributed by atoms with E-state index in [1.807, 2.05) is 6.07 Å². The van der Waals surface area contributed by atoms with Crippen molar-refractivity contribution in [3.63, 3.8) is 0 Å². The number of anilines is 1. The summed E-state index contributed by atoms with van der Waals surface area (Å²) in [5, 5.41) is 32.4. The smallest absolute Gasteiger partial charge is 0.167 e. The minimum absolute atomic E-state index is 0.105. The first-order valence-electron chi connectivity index (χ1n) is 9.32. The van der Waals surface area contributed by atoms with Gasteiger partial charge in [-0.05, 0) is 24.1 Å². The molecule has 1 fully saturated rings. The van der Waals surface area contributed by atoms with Crippen molar-refractivity contribution in [3.8, 4) is 11.5 Å². The molecule has 3 heterocycles. The zero-order chi connectivity index (χ0) is 20.4. The highest BCUT2D eigenvalue weighted by molar-refractivity contribution is 5.82. The van der Waals surface area contributed by atoms with Gasteiger partial charge in [-0.25, -0.2) is 15.0 Å². The lowest BCUT2D eigenvalue weighted by Crippen LogP contribution is -2.24. The van der Waals surface area contributed by atoms with Crippen LogP contribution in [0.25, 0.3) is 11.2 Å². The number of nitrogens with zero attached hydrogens (tertiary/aromatic N) is 4. The normalized spacial score (nSPS) is 21.6. The summed E-state index contributed by atoms with van der Waals surface area (Å²) in [6.45, 7) is 0.336. The fourth-order valence-electron chi connectivity index (χ4n) is 3.46. The Bertz CT molecular complexity index is 994. The second kappa shape index (κ2) is 8.19. The Morgan fingerprint density at radius 2 is 2.17 bits per heavy atom. The summed E-state index contributed by atoms with van der Waals surface area (Å²) in [4.78, 5) is 13.0. The molecule has 1 unspecified atom stereocenters. The zero-order valence-electron chi connectivity index (χ0n) is 15.9. The highest BCUT2D eigenvalue weighted by Crippen LogP contribution is 2.31. The molecule has 29 heavy (non-hydrogen) atoms. The lowest BCUT2D eigenvalue weighted by atomic mass is 10.1. The molecule has 3 atom stereocenters. The molecule has 10 nitrogen and oxygen atoms in total. The van der Waals surface area contributed by atoms with Gasteiger partial charge in [0.05, 0.1) is 26.1 Å². The first-order chi connectivity index (χ1) is 14.1. The molecule has 0 radical (unpaired) electrons. The molecule has 4 N–H and O–H groups in total. The number of aromatic hydroxyl groups is 1. The number of aromatic nitrogens is 4. The number of imidazole rings is 1. The number of hydrogen-bond acceptors (Lipinski definition) is 9. The van der Waals surface area contributed by atoms with Crippen LogP contribution < -0.4 is 10.1 Å². The molecular formula is C19H23N5O5. The van der Waals surface area contributed by atoms with Crippen molar-refractivity contribution in [2.75, 3.05) is 25.6 Å². The Kier molecular flexibility index (Phi) is 5.47. The SMILES string of the molecule is COc1ccc(CCNc2ncnc3c2ncn3[C@H]2CC(O)[C@@H](CO)O2)cc1O. The van der Waals surface area contributed by atoms with Crippen molar-refractivity contribution in [1.29, 1.82) is 0 Å². The number of phenolic OH excluding ortho intramolecular Hbond substituents is 1. The number of aliphatic hydroxyl groups is 2. The van der Waals surface area contributed by atoms with E-state index in [1.165, 1.54) is 13.4 Å². The maximum Gasteiger partial charge on any atom is 0.167 e. The fraction of sp³-hybridized carbons (Fsp3) is 0.421. The average Bonchev–Trinajstić information content (AvgIpc) is 3.31. The molecule has 0 saturated carbocycles. The summed E-state index contributed by atoms with van der Waals surface area (Å²) >= 11 is 0. The Hall–Kier alpha value is -2.95. The summed E-state index contributed by atoms with van der Waals surface area (Å²) in [6, 6.07) is 5.29. The first-order valence-corrected chi connectivity index (χ1v) is 9.32. The van der Waals surface area contributed by atoms with Crippen LogP contribution in [0.5, 0.6) is 11.5 Å². The van der Waals surface area contributed by atoms with Crippen LogP contribution in [0.2, 0.25) is 0 Å². The van der Waals surface area contributed by atoms with Gasteiger partial charge in [-0.1, -0.05) is 6.07 Å². The lowest BCUT2D eigenvalue weighted by molar-refractivity contribution is -0.0432. The number of fused-ring (bicyclic) bond motifs is 1. The van der Waals surface area contributed by atoms with Gasteiger partial charge in [0, 0.05) is 13.0 Å². The molecule has 1 aliphatic rings. The topological polar surface area (TPSA) is 135 Å². The van der Waals surface area contributed by atoms with Gasteiger partial charge in [0.2, 0.25) is 0 Å². The Morgan fingerprint density at radius 1 is 1.31 bits per heavy atom. The van der Waals surface area contributed by atoms with Gasteiger partial charge in [-0.3, -0.25) is 4.57 Å². The third-order valence-corrected chi connectivity index (χ3v) is 5.00. The van der Waals surface area contributed by atoms with Gasteiger partial charge in [0.1, 0.15) is 18.7 Å². The van der Waals surface area contributed by atoms with Crippen molar-refractivity contribution in [2.24, 2.45) is 0 Å². The molecule has 0 aliphatic carbocycles. The number of hydrogen-bond donors (Lipinski definition) is 4. The van der Waals surface area contributed by atoms with Crippen molar-refractivity contribution in [1.82, 2.24) is 19.5 Å². The fourth-order valence-corrected chi connectivity index (χ4v) is 3.46. The van der Waals surface area contributed by atoms with Gasteiger partial charge >= 0.3 is 0 Å². The lowest BCUT2D eigenvalue weighted by Gasteiger charge is -2.13. The standard InChI is InChI=1S/C19H23N5O5/c1-28-14-3-2-11(6-12(14)26)4-5-20-18-17-19(22-9-21-18)24(10-23-17)16-7-13(27)15(8-25)29-16/h2-3,6,9-10,13,15-16,25-27H,4-5,7-8H2,1H3,(H,20,21,22)/t13?,15-,16-/m1/s1. The summed E-state index contributed by atoms with van der Waals surface area (Å²) in [5.74, 6) is 1.13. The van der Waals surface area contributed by atoms with Crippen LogP contribution in [0.4, 0.5) is 5.82 Å². The highest BCUT2D eigenvalue weighted by atomic mass is 16.5. The summed E-state index contributed by atoms with van der Waals surface area (Å²) < 4.78 is 12.5. The van der Waals surface area contributed by atoms with Crippen molar-refractivity contribution in [3.05, 3.63) is 36.4 Å². The van der Waals surface area contributed by atoms with E-state index in [4.69, 9.17) is 9.47 Å². The molecule has 154 valence electrons. The molecular weight excluding hydrogens is 378 g/mol. The molecule has 0 amide bonds. The quantitative estimate of drug-likeness (QED) is 0.454. The molecule has 0 bridgehead atoms. The van der Waals surface area contributed by atoms with Crippen LogP contribution in [0.1, 0.15) is 18.2 Å². The van der Waals surface area contributed by atoms with Crippen molar-refractivity contribution < 1.29 is 24.8 Å². The van der Waals surface area contributed by atoms with E-state index in [1.54, 1.807) is 23.0 Å². The molecule has 0 spiro atoms. The van der Waals surface area contributed by atoms with E-state index in [0.29, 0.717) is 42.1 Å². The predicted molar refractivity (Wildman–Crippen MR) is 104 cm³/mol. The molecule has 3 aromatic rings. The van der Waals surface area contributed by atoms with Crippen LogP contribution in [0.15, 0.2) is 30.9 Å². The van der Waals surface area contributed by atoms with Crippen LogP contribution in [-0.4, -0.2) is 67.3 Å². The van der Waals surface area contributed by atoms with E-state index >= 15 is 0 Å². The van der Waals surface area contributed by atoms with Gasteiger partial charge in [0.25, 0.3) is 0 Å². The Labute approximate surface area is 166 Å². The van der Waals surface area contributed by atoms with Crippen molar-refractivity contribution in [2.45, 2.75) is 31.3 Å². The van der Waals surface area contributed by atoms with E-state index in [0.717, 1.165) is 5.56 Å². The van der Waals surface area contributed by atoms with E-state index in [9.17, 15) is 15.3 Å². The predicted octanol–water partition coefficient (Wildman–Crippen LogP) is 0.836. The zero-order valence-corrected chi connectivity index (χ0v) is 15.9. The number of benzene rings is 1. The largest absolute Gasteiger partial charge is 0.504 e. The highest BCUT2D eigenvalue weighted by Gasteiger charge is 2.35. The average molecular weight is 401 g/mol. The molecule has 1 aromatic carbocycles. The number of phenols is 1. The minimum atomic E-state index is -0.734. The number of aliphatic hydroxyl groups excluding tert-OH is 2. The molecule has 1 aliphatic heterocycles. The second-order valence-electron chi connectivity index (χ2n) is 6.84. The van der Waals surface area contributed by atoms with Gasteiger partial charge in [0.15, 0.2) is 28.5 Å². The number of nitrogens with one attached hydrogen (secondary N) is 1. The third kappa shape index (κ3) is 3.82. The molecule has 1 saturated heterocycles. The van der Waals surface area contributed by atoms with Gasteiger partial charge in [-0.2, -0.15) is 0 Å². The first kappa shape index (κ1) is 19.4. The number of rotatable bonds is 7. The van der Waals surface area contributed by atoms with Crippen molar-refractivity contribution >= 4 is 17.0 Å². The third-order valence-electron chi connectivity index (χ3n) is 5.00. The van der Waals surface area contributed by atoms with Crippen LogP contribution in [0.3, 0.4) is 0 Å². The molecule has 2 aromatic heterocycles. The van der Waals surface area contributed by atoms with Crippen LogP contribution >= 0.6 is 0 Å². The maximum absolute atomic E-state index is 9.97. The Balaban J connectivity index is 1.46. The van der Waals surface area contributed by atoms with Gasteiger partial charge < -0.3 is 30.1 Å². The Morgan fingerprint density at radius 3 is 2.90 bits per heavy atom. The van der Waals surface area contributed by atoms with Crippen LogP contribution in [-0.2, 0) is 11.2 Å². The van der Waals surface area contributed by atoms with E-state index in [-0.39, 0.29) is 12.4 Å². The van der Waals surface area contributed by atoms with E-state index in [2.05, 4.69) is 20.3 Å². The van der Waals surface area contributed by atoms with Gasteiger partial charge in [-0.15, -0.1) is 0 Å². The number of methoxy groups -OCH3 is 1. The molecule has 4 rings (SSSR count). The number of ether oxygens (including phenoxy) is 2. The minimum Gasteiger partial charge on any atom is -0.504 e. The maximum atomic E-state index is 9.97. The summed E-state index contributed by atoms with van der Waals surface area (Å²) in [5.41, 5.74) is 2.13. The second-order valence-corrected chi connectivity index (χ2v) is 6.84. The van der Waals surface area contributed by atoms with E-state index < -0.39 is 18.4 Å². The molecule has 10 heteroatoms. The summed E-state index contributed by atoms with van der Waals surface area (Å²) in [7, 11) is 1.51. The monoisotopic (exact) mass is 401 g/mol. The summed E-state index contributed by atoms with van der Waals surface area (Å²) in [6.07, 6.45) is 2.27. The van der Waals surface area contributed by atoms with Crippen LogP contribution in [0, 0.1) is 0 Å².